The monoisotopic (exact) mass is 376 g/mol. The Kier molecular flexibility index (Phi) is 5.89. The minimum Gasteiger partial charge on any atom is -0.492 e. The van der Waals surface area contributed by atoms with Gasteiger partial charge < -0.3 is 15.4 Å². The van der Waals surface area contributed by atoms with Gasteiger partial charge in [-0.3, -0.25) is 4.79 Å². The third-order valence-electron chi connectivity index (χ3n) is 4.29. The van der Waals surface area contributed by atoms with Crippen LogP contribution >= 0.6 is 0 Å². The molecule has 1 aromatic heterocycles. The van der Waals surface area contributed by atoms with Gasteiger partial charge in [0.2, 0.25) is 5.95 Å². The van der Waals surface area contributed by atoms with Crippen molar-refractivity contribution in [3.05, 3.63) is 71.0 Å². The largest absolute Gasteiger partial charge is 0.492 e. The second-order valence-corrected chi connectivity index (χ2v) is 6.53. The number of amides is 1. The lowest BCUT2D eigenvalue weighted by molar-refractivity contribution is 0.102. The van der Waals surface area contributed by atoms with Crippen molar-refractivity contribution in [2.45, 2.75) is 27.7 Å². The third-order valence-corrected chi connectivity index (χ3v) is 4.29. The number of rotatable bonds is 6. The second-order valence-electron chi connectivity index (χ2n) is 6.53. The van der Waals surface area contributed by atoms with Crippen LogP contribution in [0.1, 0.15) is 34.2 Å². The van der Waals surface area contributed by atoms with Gasteiger partial charge in [0, 0.05) is 11.4 Å². The molecule has 0 saturated heterocycles. The zero-order valence-corrected chi connectivity index (χ0v) is 16.5. The van der Waals surface area contributed by atoms with E-state index in [1.165, 1.54) is 5.56 Å². The van der Waals surface area contributed by atoms with Crippen molar-refractivity contribution in [3.63, 3.8) is 0 Å². The Hall–Kier alpha value is -3.41. The van der Waals surface area contributed by atoms with Crippen molar-refractivity contribution in [2.75, 3.05) is 17.2 Å². The molecule has 0 aliphatic heterocycles. The van der Waals surface area contributed by atoms with E-state index in [-0.39, 0.29) is 5.91 Å². The van der Waals surface area contributed by atoms with E-state index in [1.54, 1.807) is 6.07 Å². The zero-order valence-electron chi connectivity index (χ0n) is 16.5. The van der Waals surface area contributed by atoms with Crippen molar-refractivity contribution in [1.29, 1.82) is 0 Å². The molecule has 3 rings (SSSR count). The highest BCUT2D eigenvalue weighted by Gasteiger charge is 2.13. The van der Waals surface area contributed by atoms with E-state index in [4.69, 9.17) is 4.74 Å². The molecular formula is C22H24N4O2. The number of carbonyl (C=O) groups excluding carboxylic acids is 1. The number of ether oxygens (including phenoxy) is 1. The van der Waals surface area contributed by atoms with Gasteiger partial charge in [0.05, 0.1) is 12.3 Å². The number of nitrogens with one attached hydrogen (secondary N) is 2. The minimum atomic E-state index is -0.283. The summed E-state index contributed by atoms with van der Waals surface area (Å²) in [5.41, 5.74) is 4.76. The van der Waals surface area contributed by atoms with E-state index in [0.29, 0.717) is 29.7 Å². The Labute approximate surface area is 165 Å². The molecule has 1 amide bonds. The minimum absolute atomic E-state index is 0.283. The number of carbonyl (C=O) groups is 1. The van der Waals surface area contributed by atoms with Crippen LogP contribution in [-0.4, -0.2) is 22.5 Å². The van der Waals surface area contributed by atoms with Crippen molar-refractivity contribution in [2.24, 2.45) is 0 Å². The molecule has 2 aromatic carbocycles. The first-order valence-electron chi connectivity index (χ1n) is 9.19. The number of hydrogen-bond donors (Lipinski definition) is 2. The fourth-order valence-corrected chi connectivity index (χ4v) is 2.73. The van der Waals surface area contributed by atoms with E-state index in [0.717, 1.165) is 16.9 Å². The summed E-state index contributed by atoms with van der Waals surface area (Å²) in [7, 11) is 0. The van der Waals surface area contributed by atoms with Crippen LogP contribution in [0.2, 0.25) is 0 Å². The average molecular weight is 376 g/mol. The maximum atomic E-state index is 12.7. The number of nitrogens with zero attached hydrogens (tertiary/aromatic N) is 2. The standard InChI is InChI=1S/C22H24N4O2/c1-5-28-20-9-7-6-8-18(20)25-22-23-16(4)13-19(26-22)21(27)24-17-11-10-14(2)15(3)12-17/h6-13H,5H2,1-4H3,(H,24,27)(H,23,25,26). The fraction of sp³-hybridized carbons (Fsp3) is 0.227. The molecule has 1 heterocycles. The Morgan fingerprint density at radius 3 is 2.54 bits per heavy atom. The average Bonchev–Trinajstić information content (AvgIpc) is 2.66. The van der Waals surface area contributed by atoms with Crippen LogP contribution in [-0.2, 0) is 0 Å². The van der Waals surface area contributed by atoms with Crippen LogP contribution in [0.5, 0.6) is 5.75 Å². The normalized spacial score (nSPS) is 10.4. The lowest BCUT2D eigenvalue weighted by atomic mass is 10.1. The van der Waals surface area contributed by atoms with Gasteiger partial charge in [-0.15, -0.1) is 0 Å². The molecule has 0 aliphatic carbocycles. The van der Waals surface area contributed by atoms with E-state index in [9.17, 15) is 4.79 Å². The van der Waals surface area contributed by atoms with Crippen molar-refractivity contribution < 1.29 is 9.53 Å². The van der Waals surface area contributed by atoms with Gasteiger partial charge in [-0.25, -0.2) is 9.97 Å². The Bertz CT molecular complexity index is 1000. The molecule has 0 saturated carbocycles. The van der Waals surface area contributed by atoms with Gasteiger partial charge in [0.25, 0.3) is 5.91 Å². The van der Waals surface area contributed by atoms with E-state index in [1.807, 2.05) is 70.2 Å². The van der Waals surface area contributed by atoms with Gasteiger partial charge in [0.1, 0.15) is 11.4 Å². The van der Waals surface area contributed by atoms with Crippen molar-refractivity contribution in [1.82, 2.24) is 9.97 Å². The van der Waals surface area contributed by atoms with E-state index >= 15 is 0 Å². The number of aryl methyl sites for hydroxylation is 3. The highest BCUT2D eigenvalue weighted by atomic mass is 16.5. The van der Waals surface area contributed by atoms with Crippen LogP contribution in [0.15, 0.2) is 48.5 Å². The summed E-state index contributed by atoms with van der Waals surface area (Å²) in [6.45, 7) is 8.35. The van der Waals surface area contributed by atoms with Gasteiger partial charge in [-0.05, 0) is 69.2 Å². The van der Waals surface area contributed by atoms with E-state index < -0.39 is 0 Å². The maximum Gasteiger partial charge on any atom is 0.274 e. The summed E-state index contributed by atoms with van der Waals surface area (Å²) in [6.07, 6.45) is 0. The summed E-state index contributed by atoms with van der Waals surface area (Å²) >= 11 is 0. The Morgan fingerprint density at radius 1 is 1.00 bits per heavy atom. The summed E-state index contributed by atoms with van der Waals surface area (Å²) < 4.78 is 5.62. The molecule has 0 atom stereocenters. The number of hydrogen-bond acceptors (Lipinski definition) is 5. The van der Waals surface area contributed by atoms with Crippen LogP contribution in [0, 0.1) is 20.8 Å². The molecule has 28 heavy (non-hydrogen) atoms. The number of benzene rings is 2. The maximum absolute atomic E-state index is 12.7. The SMILES string of the molecule is CCOc1ccccc1Nc1nc(C)cc(C(=O)Nc2ccc(C)c(C)c2)n1. The van der Waals surface area contributed by atoms with Crippen LogP contribution in [0.3, 0.4) is 0 Å². The Morgan fingerprint density at radius 2 is 1.79 bits per heavy atom. The number of anilines is 3. The highest BCUT2D eigenvalue weighted by molar-refractivity contribution is 6.03. The first-order valence-corrected chi connectivity index (χ1v) is 9.19. The summed E-state index contributed by atoms with van der Waals surface area (Å²) in [5, 5.41) is 6.04. The zero-order chi connectivity index (χ0) is 20.1. The van der Waals surface area contributed by atoms with Crippen LogP contribution in [0.4, 0.5) is 17.3 Å². The highest BCUT2D eigenvalue weighted by Crippen LogP contribution is 2.26. The predicted molar refractivity (Wildman–Crippen MR) is 112 cm³/mol. The molecule has 3 aromatic rings. The van der Waals surface area contributed by atoms with Gasteiger partial charge >= 0.3 is 0 Å². The van der Waals surface area contributed by atoms with Crippen LogP contribution < -0.4 is 15.4 Å². The van der Waals surface area contributed by atoms with Crippen LogP contribution in [0.25, 0.3) is 0 Å². The fourth-order valence-electron chi connectivity index (χ4n) is 2.73. The van der Waals surface area contributed by atoms with Crippen molar-refractivity contribution >= 4 is 23.2 Å². The molecule has 0 aliphatic rings. The number of para-hydroxylation sites is 2. The van der Waals surface area contributed by atoms with Gasteiger partial charge in [-0.1, -0.05) is 18.2 Å². The Balaban J connectivity index is 1.83. The molecule has 0 radical (unpaired) electrons. The van der Waals surface area contributed by atoms with Gasteiger partial charge in [0.15, 0.2) is 0 Å². The molecule has 6 heteroatoms. The number of aromatic nitrogens is 2. The molecule has 0 unspecified atom stereocenters. The topological polar surface area (TPSA) is 76.1 Å². The smallest absolute Gasteiger partial charge is 0.274 e. The quantitative estimate of drug-likeness (QED) is 0.646. The second kappa shape index (κ2) is 8.52. The predicted octanol–water partition coefficient (Wildman–Crippen LogP) is 4.80. The lowest BCUT2D eigenvalue weighted by Gasteiger charge is -2.12. The first kappa shape index (κ1) is 19.4. The third kappa shape index (κ3) is 4.65. The molecule has 0 spiro atoms. The lowest BCUT2D eigenvalue weighted by Crippen LogP contribution is -2.15. The molecule has 0 bridgehead atoms. The molecule has 6 nitrogen and oxygen atoms in total. The first-order chi connectivity index (χ1) is 13.5. The molecular weight excluding hydrogens is 352 g/mol. The summed E-state index contributed by atoms with van der Waals surface area (Å²) in [5.74, 6) is 0.767. The summed E-state index contributed by atoms with van der Waals surface area (Å²) in [4.78, 5) is 21.4. The molecule has 2 N–H and O–H groups in total. The van der Waals surface area contributed by atoms with Gasteiger partial charge in [-0.2, -0.15) is 0 Å². The summed E-state index contributed by atoms with van der Waals surface area (Å²) in [6, 6.07) is 15.0. The molecule has 0 fully saturated rings. The van der Waals surface area contributed by atoms with Crippen molar-refractivity contribution in [3.8, 4) is 5.75 Å². The van der Waals surface area contributed by atoms with E-state index in [2.05, 4.69) is 20.6 Å². The molecule has 144 valence electrons.